The topological polar surface area (TPSA) is 49.0 Å². The molecule has 5 nitrogen and oxygen atoms in total. The van der Waals surface area contributed by atoms with E-state index in [2.05, 4.69) is 63.0 Å². The molecule has 0 aliphatic rings. The molecule has 0 saturated carbocycles. The molecular weight excluding hydrogens is 589 g/mol. The zero-order valence-electron chi connectivity index (χ0n) is 18.9. The van der Waals surface area contributed by atoms with Crippen LogP contribution in [0.5, 0.6) is 17.2 Å². The number of benzene rings is 2. The van der Waals surface area contributed by atoms with E-state index in [4.69, 9.17) is 18.6 Å². The van der Waals surface area contributed by atoms with Gasteiger partial charge in [-0.3, -0.25) is 0 Å². The monoisotopic (exact) mass is 620 g/mol. The van der Waals surface area contributed by atoms with Crippen LogP contribution in [0.15, 0.2) is 36.4 Å². The molecule has 0 bridgehead atoms. The summed E-state index contributed by atoms with van der Waals surface area (Å²) >= 11 is 3.49. The minimum atomic E-state index is -0.105. The van der Waals surface area contributed by atoms with Crippen LogP contribution in [-0.4, -0.2) is 49.3 Å². The second-order valence-corrected chi connectivity index (χ2v) is 12.5. The molecular formula is C23H32BrINO4Si-. The number of rotatable bonds is 13. The van der Waals surface area contributed by atoms with Gasteiger partial charge in [0.25, 0.3) is 0 Å². The Hall–Kier alpha value is -0.813. The van der Waals surface area contributed by atoms with E-state index in [1.807, 2.05) is 12.1 Å². The molecule has 0 aliphatic heterocycles. The number of methoxy groups -OCH3 is 2. The maximum absolute atomic E-state index is 5.94. The average Bonchev–Trinajstić information content (AvgIpc) is 2.76. The van der Waals surface area contributed by atoms with Gasteiger partial charge in [-0.25, -0.2) is 0 Å². The molecule has 0 unspecified atom stereocenters. The van der Waals surface area contributed by atoms with Crippen LogP contribution >= 0.6 is 12.7 Å². The minimum absolute atomic E-state index is 0.0460. The molecule has 0 aromatic heterocycles. The van der Waals surface area contributed by atoms with E-state index in [-0.39, 0.29) is 24.6 Å². The van der Waals surface area contributed by atoms with Gasteiger partial charge in [-0.15, -0.1) is 0 Å². The van der Waals surface area contributed by atoms with E-state index in [1.165, 1.54) is 3.57 Å². The van der Waals surface area contributed by atoms with Crippen molar-refractivity contribution < 1.29 is 37.6 Å². The van der Waals surface area contributed by atoms with Crippen LogP contribution in [0.25, 0.3) is 11.1 Å². The molecule has 2 rings (SSSR count). The predicted octanol–water partition coefficient (Wildman–Crippen LogP) is 2.15. The molecule has 0 aliphatic carbocycles. The number of hydrogen-bond acceptors (Lipinski definition) is 5. The SMILES string of the molecule is COc1cc(OCCNCCC[Si]OC(C)(C)C)cc(OC)c1-c1ccc([I-]Br)cc1. The average molecular weight is 621 g/mol. The summed E-state index contributed by atoms with van der Waals surface area (Å²) in [6.07, 6.45) is 1.10. The Morgan fingerprint density at radius 3 is 2.19 bits per heavy atom. The van der Waals surface area contributed by atoms with Crippen LogP contribution < -0.4 is 38.5 Å². The molecule has 172 valence electrons. The fraction of sp³-hybridized carbons (Fsp3) is 0.478. The second kappa shape index (κ2) is 13.7. The maximum atomic E-state index is 5.94. The van der Waals surface area contributed by atoms with Crippen molar-refractivity contribution in [1.82, 2.24) is 5.32 Å². The van der Waals surface area contributed by atoms with E-state index in [0.717, 1.165) is 53.9 Å². The summed E-state index contributed by atoms with van der Waals surface area (Å²) in [5.74, 6) is 2.22. The molecule has 31 heavy (non-hydrogen) atoms. The van der Waals surface area contributed by atoms with Gasteiger partial charge in [0, 0.05) is 5.60 Å². The number of halogens is 2. The summed E-state index contributed by atoms with van der Waals surface area (Å²) < 4.78 is 24.3. The van der Waals surface area contributed by atoms with Gasteiger partial charge in [0.15, 0.2) is 0 Å². The molecule has 2 aromatic rings. The molecule has 1 N–H and O–H groups in total. The zero-order valence-corrected chi connectivity index (χ0v) is 23.6. The van der Waals surface area contributed by atoms with Crippen molar-refractivity contribution in [2.75, 3.05) is 33.9 Å². The van der Waals surface area contributed by atoms with E-state index >= 15 is 0 Å². The summed E-state index contributed by atoms with van der Waals surface area (Å²) in [7, 11) is 3.90. The Labute approximate surface area is 205 Å². The first-order valence-corrected chi connectivity index (χ1v) is 17.3. The Balaban J connectivity index is 1.87. The summed E-state index contributed by atoms with van der Waals surface area (Å²) in [6.45, 7) is 8.60. The van der Waals surface area contributed by atoms with Gasteiger partial charge in [-0.2, -0.15) is 0 Å². The van der Waals surface area contributed by atoms with Crippen molar-refractivity contribution in [2.24, 2.45) is 0 Å². The molecule has 8 heteroatoms. The molecule has 0 spiro atoms. The van der Waals surface area contributed by atoms with Crippen LogP contribution in [0.4, 0.5) is 0 Å². The third-order valence-electron chi connectivity index (χ3n) is 4.25. The third kappa shape index (κ3) is 9.29. The second-order valence-electron chi connectivity index (χ2n) is 7.84. The first kappa shape index (κ1) is 26.4. The van der Waals surface area contributed by atoms with Crippen LogP contribution in [0.2, 0.25) is 6.04 Å². The molecule has 0 atom stereocenters. The van der Waals surface area contributed by atoms with Crippen molar-refractivity contribution in [1.29, 1.82) is 0 Å². The van der Waals surface area contributed by atoms with Gasteiger partial charge in [0.1, 0.15) is 0 Å². The van der Waals surface area contributed by atoms with E-state index < -0.39 is 0 Å². The van der Waals surface area contributed by atoms with E-state index in [9.17, 15) is 0 Å². The number of ether oxygens (including phenoxy) is 3. The third-order valence-corrected chi connectivity index (χ3v) is 9.08. The predicted molar refractivity (Wildman–Crippen MR) is 127 cm³/mol. The fourth-order valence-electron chi connectivity index (χ4n) is 2.84. The molecule has 0 amide bonds. The zero-order chi connectivity index (χ0) is 22.7. The molecule has 0 heterocycles. The Kier molecular flexibility index (Phi) is 11.7. The molecule has 2 radical (unpaired) electrons. The number of hydrogen-bond donors (Lipinski definition) is 1. The van der Waals surface area contributed by atoms with E-state index in [1.54, 1.807) is 14.2 Å². The normalized spacial score (nSPS) is 11.5. The van der Waals surface area contributed by atoms with Crippen LogP contribution in [0.1, 0.15) is 27.2 Å². The van der Waals surface area contributed by atoms with Gasteiger partial charge in [0.2, 0.25) is 9.76 Å². The van der Waals surface area contributed by atoms with Crippen molar-refractivity contribution in [3.63, 3.8) is 0 Å². The van der Waals surface area contributed by atoms with Crippen LogP contribution in [-0.2, 0) is 4.43 Å². The first-order valence-electron chi connectivity index (χ1n) is 10.2. The summed E-state index contributed by atoms with van der Waals surface area (Å²) in [5.41, 5.74) is 1.95. The van der Waals surface area contributed by atoms with Gasteiger partial charge in [-0.1, -0.05) is 0 Å². The Bertz CT molecular complexity index is 774. The Morgan fingerprint density at radius 1 is 1.00 bits per heavy atom. The molecule has 0 saturated heterocycles. The van der Waals surface area contributed by atoms with Crippen LogP contribution in [0, 0.1) is 3.57 Å². The van der Waals surface area contributed by atoms with E-state index in [0.29, 0.717) is 16.4 Å². The fourth-order valence-corrected chi connectivity index (χ4v) is 5.67. The van der Waals surface area contributed by atoms with Crippen LogP contribution in [0.3, 0.4) is 0 Å². The standard InChI is InChI=1S/C23H32BrINO4Si/c1-23(2,3)30-31-14-6-11-26-12-13-29-19-15-20(27-4)22(21(16-19)28-5)17-7-9-18(25-24)10-8-17/h7-10,15-16,26H,6,11-14H2,1-5H3/q-1. The van der Waals surface area contributed by atoms with Gasteiger partial charge in [-0.05, 0) is 39.8 Å². The van der Waals surface area contributed by atoms with Crippen molar-refractivity contribution in [3.05, 3.63) is 40.0 Å². The van der Waals surface area contributed by atoms with Crippen molar-refractivity contribution in [2.45, 2.75) is 38.8 Å². The van der Waals surface area contributed by atoms with Crippen molar-refractivity contribution in [3.8, 4) is 28.4 Å². The summed E-state index contributed by atoms with van der Waals surface area (Å²) in [5, 5.41) is 3.42. The Morgan fingerprint density at radius 2 is 1.65 bits per heavy atom. The quantitative estimate of drug-likeness (QED) is 0.211. The van der Waals surface area contributed by atoms with Crippen molar-refractivity contribution >= 4 is 22.5 Å². The summed E-state index contributed by atoms with van der Waals surface area (Å²) in [6, 6.07) is 13.4. The van der Waals surface area contributed by atoms with Gasteiger partial charge in [0.05, 0.1) is 0 Å². The van der Waals surface area contributed by atoms with Gasteiger partial charge < -0.3 is 4.43 Å². The molecule has 0 fully saturated rings. The number of nitrogens with one attached hydrogen (secondary N) is 1. The summed E-state index contributed by atoms with van der Waals surface area (Å²) in [4.78, 5) is 0. The molecule has 2 aromatic carbocycles. The first-order chi connectivity index (χ1) is 14.9. The van der Waals surface area contributed by atoms with Gasteiger partial charge >= 0.3 is 147 Å².